The van der Waals surface area contributed by atoms with Crippen molar-refractivity contribution in [1.29, 1.82) is 0 Å². The first-order valence-electron chi connectivity index (χ1n) is 5.84. The van der Waals surface area contributed by atoms with E-state index in [9.17, 15) is 0 Å². The molecule has 3 nitrogen and oxygen atoms in total. The summed E-state index contributed by atoms with van der Waals surface area (Å²) in [7, 11) is 0. The maximum absolute atomic E-state index is 5.84. The van der Waals surface area contributed by atoms with Crippen LogP contribution in [0.15, 0.2) is 24.4 Å². The SMILES string of the molecule is Cc1cc(C(C)(C)C)ccc1-c1nncc(Cl)n1. The molecule has 0 bridgehead atoms. The Balaban J connectivity index is 2.48. The van der Waals surface area contributed by atoms with Crippen molar-refractivity contribution < 1.29 is 0 Å². The van der Waals surface area contributed by atoms with Gasteiger partial charge in [0.25, 0.3) is 0 Å². The Morgan fingerprint density at radius 3 is 2.44 bits per heavy atom. The van der Waals surface area contributed by atoms with Gasteiger partial charge in [0.05, 0.1) is 6.20 Å². The van der Waals surface area contributed by atoms with Crippen molar-refractivity contribution in [1.82, 2.24) is 15.2 Å². The fourth-order valence-electron chi connectivity index (χ4n) is 1.78. The zero-order chi connectivity index (χ0) is 13.3. The van der Waals surface area contributed by atoms with Crippen LogP contribution in [0.5, 0.6) is 0 Å². The first-order chi connectivity index (χ1) is 8.38. The Labute approximate surface area is 112 Å². The fourth-order valence-corrected chi connectivity index (χ4v) is 1.90. The number of benzene rings is 1. The lowest BCUT2D eigenvalue weighted by Gasteiger charge is -2.20. The minimum atomic E-state index is 0.136. The number of hydrogen-bond donors (Lipinski definition) is 0. The van der Waals surface area contributed by atoms with E-state index in [4.69, 9.17) is 11.6 Å². The average molecular weight is 262 g/mol. The van der Waals surface area contributed by atoms with Gasteiger partial charge in [-0.15, -0.1) is 5.10 Å². The molecule has 0 saturated heterocycles. The highest BCUT2D eigenvalue weighted by atomic mass is 35.5. The molecule has 2 rings (SSSR count). The smallest absolute Gasteiger partial charge is 0.183 e. The van der Waals surface area contributed by atoms with Gasteiger partial charge in [-0.2, -0.15) is 5.10 Å². The van der Waals surface area contributed by atoms with Crippen molar-refractivity contribution in [2.45, 2.75) is 33.1 Å². The van der Waals surface area contributed by atoms with E-state index in [0.717, 1.165) is 11.1 Å². The van der Waals surface area contributed by atoms with Crippen molar-refractivity contribution in [2.75, 3.05) is 0 Å². The lowest BCUT2D eigenvalue weighted by atomic mass is 9.85. The minimum absolute atomic E-state index is 0.136. The van der Waals surface area contributed by atoms with Gasteiger partial charge < -0.3 is 0 Å². The standard InChI is InChI=1S/C14H16ClN3/c1-9-7-10(14(2,3)4)5-6-11(9)13-17-12(15)8-16-18-13/h5-8H,1-4H3. The lowest BCUT2D eigenvalue weighted by Crippen LogP contribution is -2.11. The summed E-state index contributed by atoms with van der Waals surface area (Å²) in [4.78, 5) is 4.19. The Kier molecular flexibility index (Phi) is 3.35. The highest BCUT2D eigenvalue weighted by Gasteiger charge is 2.15. The maximum atomic E-state index is 5.84. The second-order valence-electron chi connectivity index (χ2n) is 5.38. The molecule has 0 fully saturated rings. The van der Waals surface area contributed by atoms with Crippen LogP contribution in [0, 0.1) is 6.92 Å². The van der Waals surface area contributed by atoms with Crippen LogP contribution in [0.2, 0.25) is 5.15 Å². The van der Waals surface area contributed by atoms with Gasteiger partial charge >= 0.3 is 0 Å². The van der Waals surface area contributed by atoms with E-state index in [2.05, 4.69) is 55.0 Å². The molecule has 1 heterocycles. The molecule has 18 heavy (non-hydrogen) atoms. The maximum Gasteiger partial charge on any atom is 0.183 e. The first kappa shape index (κ1) is 13.0. The summed E-state index contributed by atoms with van der Waals surface area (Å²) in [5.74, 6) is 0.570. The molecule has 0 amide bonds. The molecule has 0 radical (unpaired) electrons. The third-order valence-corrected chi connectivity index (χ3v) is 3.04. The van der Waals surface area contributed by atoms with Crippen LogP contribution in [0.25, 0.3) is 11.4 Å². The monoisotopic (exact) mass is 261 g/mol. The van der Waals surface area contributed by atoms with Gasteiger partial charge in [0.15, 0.2) is 11.0 Å². The van der Waals surface area contributed by atoms with Crippen molar-refractivity contribution in [3.05, 3.63) is 40.7 Å². The van der Waals surface area contributed by atoms with Crippen LogP contribution in [-0.4, -0.2) is 15.2 Å². The molecule has 0 aliphatic carbocycles. The van der Waals surface area contributed by atoms with Crippen LogP contribution >= 0.6 is 11.6 Å². The third kappa shape index (κ3) is 2.67. The topological polar surface area (TPSA) is 38.7 Å². The second kappa shape index (κ2) is 4.65. The first-order valence-corrected chi connectivity index (χ1v) is 6.22. The predicted octanol–water partition coefficient (Wildman–Crippen LogP) is 3.80. The zero-order valence-corrected chi connectivity index (χ0v) is 11.8. The van der Waals surface area contributed by atoms with Gasteiger partial charge in [-0.1, -0.05) is 50.6 Å². The summed E-state index contributed by atoms with van der Waals surface area (Å²) < 4.78 is 0. The Bertz CT molecular complexity index is 573. The number of halogens is 1. The molecule has 94 valence electrons. The number of nitrogens with zero attached hydrogens (tertiary/aromatic N) is 3. The van der Waals surface area contributed by atoms with Crippen molar-refractivity contribution in [3.63, 3.8) is 0 Å². The highest BCUT2D eigenvalue weighted by Crippen LogP contribution is 2.27. The summed E-state index contributed by atoms with van der Waals surface area (Å²) >= 11 is 5.84. The van der Waals surface area contributed by atoms with E-state index in [1.54, 1.807) is 0 Å². The highest BCUT2D eigenvalue weighted by molar-refractivity contribution is 6.29. The molecule has 4 heteroatoms. The summed E-state index contributed by atoms with van der Waals surface area (Å²) in [6, 6.07) is 6.30. The van der Waals surface area contributed by atoms with Gasteiger partial charge in [-0.05, 0) is 23.5 Å². The molecule has 0 aliphatic heterocycles. The zero-order valence-electron chi connectivity index (χ0n) is 11.0. The van der Waals surface area contributed by atoms with Crippen molar-refractivity contribution in [2.24, 2.45) is 0 Å². The number of rotatable bonds is 1. The van der Waals surface area contributed by atoms with Gasteiger partial charge in [0.1, 0.15) is 0 Å². The average Bonchev–Trinajstić information content (AvgIpc) is 2.27. The molecule has 0 saturated carbocycles. The normalized spacial score (nSPS) is 11.6. The Morgan fingerprint density at radius 2 is 1.89 bits per heavy atom. The van der Waals surface area contributed by atoms with Gasteiger partial charge in [0, 0.05) is 5.56 Å². The van der Waals surface area contributed by atoms with Gasteiger partial charge in [0.2, 0.25) is 0 Å². The van der Waals surface area contributed by atoms with Gasteiger partial charge in [-0.25, -0.2) is 4.98 Å². The quantitative estimate of drug-likeness (QED) is 0.784. The van der Waals surface area contributed by atoms with Crippen LogP contribution in [0.3, 0.4) is 0 Å². The number of aromatic nitrogens is 3. The largest absolute Gasteiger partial charge is 0.213 e. The minimum Gasteiger partial charge on any atom is -0.213 e. The summed E-state index contributed by atoms with van der Waals surface area (Å²) in [5, 5.41) is 8.21. The van der Waals surface area contributed by atoms with E-state index in [1.807, 2.05) is 6.07 Å². The van der Waals surface area contributed by atoms with Crippen LogP contribution in [0.1, 0.15) is 31.9 Å². The number of hydrogen-bond acceptors (Lipinski definition) is 3. The molecule has 0 atom stereocenters. The number of aryl methyl sites for hydroxylation is 1. The van der Waals surface area contributed by atoms with E-state index >= 15 is 0 Å². The molecule has 0 N–H and O–H groups in total. The molecule has 1 aromatic carbocycles. The van der Waals surface area contributed by atoms with Crippen molar-refractivity contribution >= 4 is 11.6 Å². The molecule has 0 aliphatic rings. The molecule has 1 aromatic heterocycles. The summed E-state index contributed by atoms with van der Waals surface area (Å²) in [6.45, 7) is 8.63. The van der Waals surface area contributed by atoms with Crippen molar-refractivity contribution in [3.8, 4) is 11.4 Å². The fraction of sp³-hybridized carbons (Fsp3) is 0.357. The Morgan fingerprint density at radius 1 is 1.17 bits per heavy atom. The molecule has 0 spiro atoms. The van der Waals surface area contributed by atoms with Crippen LogP contribution < -0.4 is 0 Å². The third-order valence-electron chi connectivity index (χ3n) is 2.86. The summed E-state index contributed by atoms with van der Waals surface area (Å²) in [6.07, 6.45) is 1.43. The second-order valence-corrected chi connectivity index (χ2v) is 5.77. The van der Waals surface area contributed by atoms with E-state index in [1.165, 1.54) is 11.8 Å². The van der Waals surface area contributed by atoms with Crippen LogP contribution in [-0.2, 0) is 5.41 Å². The molecular formula is C14H16ClN3. The van der Waals surface area contributed by atoms with Gasteiger partial charge in [-0.3, -0.25) is 0 Å². The molecular weight excluding hydrogens is 246 g/mol. The summed E-state index contributed by atoms with van der Waals surface area (Å²) in [5.41, 5.74) is 3.53. The van der Waals surface area contributed by atoms with E-state index in [0.29, 0.717) is 11.0 Å². The van der Waals surface area contributed by atoms with E-state index < -0.39 is 0 Å². The lowest BCUT2D eigenvalue weighted by molar-refractivity contribution is 0.590. The predicted molar refractivity (Wildman–Crippen MR) is 73.7 cm³/mol. The Hall–Kier alpha value is -1.48. The van der Waals surface area contributed by atoms with E-state index in [-0.39, 0.29) is 5.41 Å². The van der Waals surface area contributed by atoms with Crippen LogP contribution in [0.4, 0.5) is 0 Å². The molecule has 0 unspecified atom stereocenters. The molecule has 2 aromatic rings.